The SMILES string of the molecule is CCCn1c(C)cc(C(=O)COC(=O)c2cc(S(=O)(=O)NCC)ccc2C)c1C. The minimum Gasteiger partial charge on any atom is -0.454 e. The Morgan fingerprint density at radius 1 is 1.07 bits per heavy atom. The van der Waals surface area contributed by atoms with Crippen molar-refractivity contribution in [2.45, 2.75) is 52.5 Å². The molecule has 1 aromatic carbocycles. The number of hydrogen-bond acceptors (Lipinski definition) is 5. The third-order valence-electron chi connectivity index (χ3n) is 4.73. The van der Waals surface area contributed by atoms with Crippen molar-refractivity contribution < 1.29 is 22.7 Å². The Hall–Kier alpha value is -2.45. The largest absolute Gasteiger partial charge is 0.454 e. The number of esters is 1. The third kappa shape index (κ3) is 5.13. The van der Waals surface area contributed by atoms with Crippen molar-refractivity contribution in [1.29, 1.82) is 0 Å². The minimum atomic E-state index is -3.70. The molecule has 29 heavy (non-hydrogen) atoms. The first-order valence-electron chi connectivity index (χ1n) is 9.59. The predicted octanol–water partition coefficient (Wildman–Crippen LogP) is 3.16. The molecule has 0 bridgehead atoms. The van der Waals surface area contributed by atoms with Gasteiger partial charge in [0.1, 0.15) is 0 Å². The summed E-state index contributed by atoms with van der Waals surface area (Å²) in [5, 5.41) is 0. The van der Waals surface area contributed by atoms with E-state index in [1.165, 1.54) is 12.1 Å². The summed E-state index contributed by atoms with van der Waals surface area (Å²) in [5.74, 6) is -1.02. The van der Waals surface area contributed by atoms with Gasteiger partial charge in [0, 0.05) is 30.0 Å². The Bertz CT molecular complexity index is 1020. The number of aryl methyl sites for hydroxylation is 2. The van der Waals surface area contributed by atoms with Crippen molar-refractivity contribution in [3.63, 3.8) is 0 Å². The number of nitrogens with one attached hydrogen (secondary N) is 1. The van der Waals surface area contributed by atoms with E-state index in [1.54, 1.807) is 26.0 Å². The van der Waals surface area contributed by atoms with E-state index in [-0.39, 0.29) is 22.8 Å². The van der Waals surface area contributed by atoms with E-state index in [0.29, 0.717) is 11.1 Å². The summed E-state index contributed by atoms with van der Waals surface area (Å²) in [7, 11) is -3.70. The first kappa shape index (κ1) is 22.8. The third-order valence-corrected chi connectivity index (χ3v) is 6.27. The second-order valence-electron chi connectivity index (χ2n) is 6.91. The summed E-state index contributed by atoms with van der Waals surface area (Å²) in [6, 6.07) is 6.04. The van der Waals surface area contributed by atoms with Gasteiger partial charge in [-0.3, -0.25) is 4.79 Å². The Balaban J connectivity index is 2.17. The number of nitrogens with zero attached hydrogens (tertiary/aromatic N) is 1. The van der Waals surface area contributed by atoms with E-state index in [1.807, 2.05) is 13.8 Å². The molecule has 1 N–H and O–H groups in total. The minimum absolute atomic E-state index is 0.0219. The quantitative estimate of drug-likeness (QED) is 0.497. The maximum Gasteiger partial charge on any atom is 0.338 e. The van der Waals surface area contributed by atoms with Crippen LogP contribution < -0.4 is 4.72 Å². The monoisotopic (exact) mass is 420 g/mol. The highest BCUT2D eigenvalue weighted by Gasteiger charge is 2.21. The van der Waals surface area contributed by atoms with Gasteiger partial charge in [0.2, 0.25) is 15.8 Å². The highest BCUT2D eigenvalue weighted by atomic mass is 32.2. The first-order valence-corrected chi connectivity index (χ1v) is 11.1. The average Bonchev–Trinajstić information content (AvgIpc) is 2.94. The first-order chi connectivity index (χ1) is 13.6. The van der Waals surface area contributed by atoms with Crippen molar-refractivity contribution in [2.24, 2.45) is 0 Å². The number of carbonyl (C=O) groups excluding carboxylic acids is 2. The zero-order valence-electron chi connectivity index (χ0n) is 17.5. The molecule has 0 aliphatic rings. The molecule has 0 fully saturated rings. The van der Waals surface area contributed by atoms with E-state index < -0.39 is 22.6 Å². The summed E-state index contributed by atoms with van der Waals surface area (Å²) in [4.78, 5) is 25.1. The number of hydrogen-bond donors (Lipinski definition) is 1. The molecule has 7 nitrogen and oxygen atoms in total. The van der Waals surface area contributed by atoms with E-state index in [9.17, 15) is 18.0 Å². The number of carbonyl (C=O) groups is 2. The highest BCUT2D eigenvalue weighted by molar-refractivity contribution is 7.89. The van der Waals surface area contributed by atoms with Gasteiger partial charge < -0.3 is 9.30 Å². The smallest absolute Gasteiger partial charge is 0.338 e. The van der Waals surface area contributed by atoms with Crippen LogP contribution in [0.5, 0.6) is 0 Å². The standard InChI is InChI=1S/C21H28N2O5S/c1-6-10-23-15(4)11-19(16(23)5)20(24)13-28-21(25)18-12-17(9-8-14(18)3)29(26,27)22-7-2/h8-9,11-12,22H,6-7,10,13H2,1-5H3. The van der Waals surface area contributed by atoms with Crippen LogP contribution in [-0.2, 0) is 21.3 Å². The molecule has 0 aliphatic carbocycles. The number of ketones is 1. The van der Waals surface area contributed by atoms with Crippen molar-refractivity contribution in [1.82, 2.24) is 9.29 Å². The lowest BCUT2D eigenvalue weighted by atomic mass is 10.1. The summed E-state index contributed by atoms with van der Waals surface area (Å²) in [6.45, 7) is 9.87. The second-order valence-corrected chi connectivity index (χ2v) is 8.68. The van der Waals surface area contributed by atoms with Crippen LogP contribution in [0.2, 0.25) is 0 Å². The van der Waals surface area contributed by atoms with Gasteiger partial charge in [0.25, 0.3) is 0 Å². The molecule has 2 rings (SSSR count). The van der Waals surface area contributed by atoms with Crippen molar-refractivity contribution >= 4 is 21.8 Å². The molecule has 0 amide bonds. The molecule has 1 aromatic heterocycles. The molecule has 2 aromatic rings. The fraction of sp³-hybridized carbons (Fsp3) is 0.429. The fourth-order valence-electron chi connectivity index (χ4n) is 3.20. The topological polar surface area (TPSA) is 94.5 Å². The van der Waals surface area contributed by atoms with Crippen LogP contribution in [0.25, 0.3) is 0 Å². The summed E-state index contributed by atoms with van der Waals surface area (Å²) < 4.78 is 34.0. The van der Waals surface area contributed by atoms with Crippen LogP contribution in [0.15, 0.2) is 29.2 Å². The molecule has 0 radical (unpaired) electrons. The van der Waals surface area contributed by atoms with Crippen molar-refractivity contribution in [3.8, 4) is 0 Å². The van der Waals surface area contributed by atoms with Gasteiger partial charge in [-0.1, -0.05) is 19.9 Å². The Labute approximate surface area is 172 Å². The number of rotatable bonds is 9. The molecule has 0 spiro atoms. The van der Waals surface area contributed by atoms with Crippen LogP contribution in [0, 0.1) is 20.8 Å². The lowest BCUT2D eigenvalue weighted by molar-refractivity contribution is 0.0473. The van der Waals surface area contributed by atoms with Gasteiger partial charge in [0.05, 0.1) is 10.5 Å². The van der Waals surface area contributed by atoms with Gasteiger partial charge in [-0.05, 0) is 51.0 Å². The lowest BCUT2D eigenvalue weighted by Crippen LogP contribution is -2.23. The average molecular weight is 421 g/mol. The van der Waals surface area contributed by atoms with Gasteiger partial charge in [-0.15, -0.1) is 0 Å². The van der Waals surface area contributed by atoms with E-state index in [2.05, 4.69) is 16.2 Å². The zero-order chi connectivity index (χ0) is 21.8. The van der Waals surface area contributed by atoms with Gasteiger partial charge >= 0.3 is 5.97 Å². The number of sulfonamides is 1. The van der Waals surface area contributed by atoms with E-state index >= 15 is 0 Å². The molecule has 0 saturated heterocycles. The zero-order valence-corrected chi connectivity index (χ0v) is 18.4. The molecule has 0 aliphatic heterocycles. The molecular formula is C21H28N2O5S. The molecule has 0 unspecified atom stereocenters. The van der Waals surface area contributed by atoms with Crippen molar-refractivity contribution in [3.05, 3.63) is 52.3 Å². The fourth-order valence-corrected chi connectivity index (χ4v) is 4.27. The molecule has 0 saturated carbocycles. The van der Waals surface area contributed by atoms with Crippen LogP contribution >= 0.6 is 0 Å². The van der Waals surface area contributed by atoms with Gasteiger partial charge in [-0.25, -0.2) is 17.9 Å². The number of ether oxygens (including phenoxy) is 1. The normalized spacial score (nSPS) is 11.5. The summed E-state index contributed by atoms with van der Waals surface area (Å²) in [6.07, 6.45) is 0.949. The molecule has 1 heterocycles. The maximum absolute atomic E-state index is 12.6. The summed E-state index contributed by atoms with van der Waals surface area (Å²) in [5.41, 5.74) is 3.05. The molecule has 0 atom stereocenters. The molecule has 158 valence electrons. The van der Waals surface area contributed by atoms with E-state index in [4.69, 9.17) is 4.74 Å². The van der Waals surface area contributed by atoms with Crippen molar-refractivity contribution in [2.75, 3.05) is 13.2 Å². The maximum atomic E-state index is 12.6. The predicted molar refractivity (Wildman–Crippen MR) is 111 cm³/mol. The Kier molecular flexibility index (Phi) is 7.37. The second kappa shape index (κ2) is 9.37. The number of aromatic nitrogens is 1. The van der Waals surface area contributed by atoms with Gasteiger partial charge in [0.15, 0.2) is 6.61 Å². The van der Waals surface area contributed by atoms with Crippen LogP contribution in [0.3, 0.4) is 0 Å². The number of Topliss-reactive ketones (excluding diaryl/α,β-unsaturated/α-hetero) is 1. The van der Waals surface area contributed by atoms with Crippen LogP contribution in [0.4, 0.5) is 0 Å². The molecule has 8 heteroatoms. The highest BCUT2D eigenvalue weighted by Crippen LogP contribution is 2.19. The number of benzene rings is 1. The Morgan fingerprint density at radius 2 is 1.76 bits per heavy atom. The molecular weight excluding hydrogens is 392 g/mol. The van der Waals surface area contributed by atoms with E-state index in [0.717, 1.165) is 24.4 Å². The summed E-state index contributed by atoms with van der Waals surface area (Å²) >= 11 is 0. The van der Waals surface area contributed by atoms with Crippen LogP contribution in [-0.4, -0.2) is 37.9 Å². The lowest BCUT2D eigenvalue weighted by Gasteiger charge is -2.10. The van der Waals surface area contributed by atoms with Crippen LogP contribution in [0.1, 0.15) is 57.9 Å². The Morgan fingerprint density at radius 3 is 2.38 bits per heavy atom. The van der Waals surface area contributed by atoms with Gasteiger partial charge in [-0.2, -0.15) is 0 Å².